The molecule has 6 nitrogen and oxygen atoms in total. The van der Waals surface area contributed by atoms with Crippen LogP contribution in [0.2, 0.25) is 0 Å². The van der Waals surface area contributed by atoms with Crippen molar-refractivity contribution in [1.29, 1.82) is 0 Å². The first-order valence-corrected chi connectivity index (χ1v) is 9.76. The van der Waals surface area contributed by atoms with Crippen molar-refractivity contribution in [3.05, 3.63) is 72.4 Å². The molecule has 1 saturated heterocycles. The number of carboxylic acids is 1. The van der Waals surface area contributed by atoms with Gasteiger partial charge in [-0.15, -0.1) is 0 Å². The highest BCUT2D eigenvalue weighted by molar-refractivity contribution is 5.95. The first-order valence-electron chi connectivity index (χ1n) is 9.76. The molecule has 2 heterocycles. The molecule has 6 heteroatoms. The van der Waals surface area contributed by atoms with E-state index in [4.69, 9.17) is 0 Å². The molecular weight excluding hydrogens is 366 g/mol. The minimum atomic E-state index is -0.779. The fourth-order valence-electron chi connectivity index (χ4n) is 3.99. The van der Waals surface area contributed by atoms with Crippen molar-refractivity contribution >= 4 is 11.9 Å². The quantitative estimate of drug-likeness (QED) is 0.738. The van der Waals surface area contributed by atoms with E-state index in [-0.39, 0.29) is 17.7 Å². The Hall–Kier alpha value is -3.41. The van der Waals surface area contributed by atoms with Gasteiger partial charge in [0.2, 0.25) is 0 Å². The first-order chi connectivity index (χ1) is 14.0. The molecule has 2 unspecified atom stereocenters. The van der Waals surface area contributed by atoms with E-state index < -0.39 is 5.97 Å². The Bertz CT molecular complexity index is 1030. The van der Waals surface area contributed by atoms with Gasteiger partial charge in [-0.1, -0.05) is 43.3 Å². The molecule has 4 rings (SSSR count). The monoisotopic (exact) mass is 389 g/mol. The molecule has 0 bridgehead atoms. The third-order valence-electron chi connectivity index (χ3n) is 5.56. The molecule has 3 aromatic rings. The van der Waals surface area contributed by atoms with E-state index in [2.05, 4.69) is 5.10 Å². The van der Waals surface area contributed by atoms with Crippen LogP contribution in [-0.4, -0.2) is 44.8 Å². The zero-order valence-corrected chi connectivity index (χ0v) is 16.2. The van der Waals surface area contributed by atoms with E-state index >= 15 is 0 Å². The second-order valence-corrected chi connectivity index (χ2v) is 7.51. The molecule has 0 saturated carbocycles. The maximum Gasteiger partial charge on any atom is 0.306 e. The van der Waals surface area contributed by atoms with Gasteiger partial charge in [-0.3, -0.25) is 9.59 Å². The van der Waals surface area contributed by atoms with Gasteiger partial charge in [0.1, 0.15) is 0 Å². The number of aromatic nitrogens is 2. The molecule has 1 N–H and O–H groups in total. The maximum absolute atomic E-state index is 13.0. The van der Waals surface area contributed by atoms with Crippen LogP contribution in [0.4, 0.5) is 0 Å². The number of carbonyl (C=O) groups excluding carboxylic acids is 1. The van der Waals surface area contributed by atoms with Crippen LogP contribution >= 0.6 is 0 Å². The van der Waals surface area contributed by atoms with E-state index in [9.17, 15) is 14.7 Å². The average Bonchev–Trinajstić information content (AvgIpc) is 3.23. The molecule has 1 amide bonds. The largest absolute Gasteiger partial charge is 0.481 e. The van der Waals surface area contributed by atoms with Crippen molar-refractivity contribution in [2.45, 2.75) is 13.3 Å². The highest BCUT2D eigenvalue weighted by Crippen LogP contribution is 2.26. The summed E-state index contributed by atoms with van der Waals surface area (Å²) in [4.78, 5) is 26.1. The van der Waals surface area contributed by atoms with E-state index in [1.54, 1.807) is 17.2 Å². The smallest absolute Gasteiger partial charge is 0.306 e. The lowest BCUT2D eigenvalue weighted by molar-refractivity contribution is -0.145. The van der Waals surface area contributed by atoms with Crippen LogP contribution in [0.1, 0.15) is 23.7 Å². The molecule has 0 aliphatic carbocycles. The molecule has 2 atom stereocenters. The van der Waals surface area contributed by atoms with Gasteiger partial charge in [0.15, 0.2) is 0 Å². The normalized spacial score (nSPS) is 19.1. The van der Waals surface area contributed by atoms with Gasteiger partial charge in [-0.2, -0.15) is 5.10 Å². The summed E-state index contributed by atoms with van der Waals surface area (Å²) < 4.78 is 1.82. The van der Waals surface area contributed by atoms with Crippen LogP contribution in [-0.2, 0) is 4.79 Å². The summed E-state index contributed by atoms with van der Waals surface area (Å²) in [6.45, 7) is 2.81. The highest BCUT2D eigenvalue weighted by atomic mass is 16.4. The summed E-state index contributed by atoms with van der Waals surface area (Å²) in [6, 6.07) is 19.3. The Morgan fingerprint density at radius 2 is 1.86 bits per heavy atom. The molecule has 1 aromatic heterocycles. The van der Waals surface area contributed by atoms with Crippen LogP contribution in [0.15, 0.2) is 66.9 Å². The number of nitrogens with zero attached hydrogens (tertiary/aromatic N) is 3. The van der Waals surface area contributed by atoms with E-state index in [0.29, 0.717) is 25.1 Å². The fraction of sp³-hybridized carbons (Fsp3) is 0.261. The third kappa shape index (κ3) is 3.78. The fourth-order valence-corrected chi connectivity index (χ4v) is 3.99. The molecular formula is C23H23N3O3. The van der Waals surface area contributed by atoms with Crippen molar-refractivity contribution in [2.75, 3.05) is 13.1 Å². The predicted molar refractivity (Wildman–Crippen MR) is 110 cm³/mol. The van der Waals surface area contributed by atoms with Crippen LogP contribution < -0.4 is 0 Å². The van der Waals surface area contributed by atoms with Crippen molar-refractivity contribution in [3.8, 4) is 16.9 Å². The number of piperidine rings is 1. The minimum absolute atomic E-state index is 0.0656. The van der Waals surface area contributed by atoms with Crippen molar-refractivity contribution < 1.29 is 14.7 Å². The Morgan fingerprint density at radius 3 is 2.59 bits per heavy atom. The number of likely N-dealkylation sites (tertiary alicyclic amines) is 1. The number of rotatable bonds is 4. The Kier molecular flexibility index (Phi) is 5.16. The van der Waals surface area contributed by atoms with Gasteiger partial charge in [-0.25, -0.2) is 4.68 Å². The number of carboxylic acid groups (broad SMARTS) is 1. The van der Waals surface area contributed by atoms with Gasteiger partial charge < -0.3 is 10.0 Å². The lowest BCUT2D eigenvalue weighted by atomic mass is 9.87. The number of aliphatic carboxylic acids is 1. The van der Waals surface area contributed by atoms with Gasteiger partial charge in [-0.05, 0) is 36.6 Å². The number of amides is 1. The van der Waals surface area contributed by atoms with Crippen molar-refractivity contribution in [3.63, 3.8) is 0 Å². The van der Waals surface area contributed by atoms with Crippen LogP contribution in [0.5, 0.6) is 0 Å². The molecule has 0 radical (unpaired) electrons. The minimum Gasteiger partial charge on any atom is -0.481 e. The van der Waals surface area contributed by atoms with Gasteiger partial charge in [0.25, 0.3) is 5.91 Å². The Balaban J connectivity index is 1.59. The van der Waals surface area contributed by atoms with Crippen molar-refractivity contribution in [1.82, 2.24) is 14.7 Å². The Labute approximate surface area is 169 Å². The SMILES string of the molecule is CC1CN(C(=O)c2cccc(-n3nccc3-c3ccccc3)c2)CCC1C(=O)O. The van der Waals surface area contributed by atoms with Gasteiger partial charge in [0, 0.05) is 24.2 Å². The molecule has 148 valence electrons. The molecule has 1 aliphatic rings. The highest BCUT2D eigenvalue weighted by Gasteiger charge is 2.33. The van der Waals surface area contributed by atoms with E-state index in [1.807, 2.05) is 66.2 Å². The number of benzene rings is 2. The summed E-state index contributed by atoms with van der Waals surface area (Å²) in [5, 5.41) is 13.7. The van der Waals surface area contributed by atoms with Gasteiger partial charge >= 0.3 is 5.97 Å². The molecule has 1 aliphatic heterocycles. The zero-order chi connectivity index (χ0) is 20.4. The lowest BCUT2D eigenvalue weighted by Crippen LogP contribution is -2.45. The lowest BCUT2D eigenvalue weighted by Gasteiger charge is -2.35. The van der Waals surface area contributed by atoms with Crippen LogP contribution in [0, 0.1) is 11.8 Å². The number of hydrogen-bond acceptors (Lipinski definition) is 3. The number of hydrogen-bond donors (Lipinski definition) is 1. The van der Waals surface area contributed by atoms with E-state index in [1.165, 1.54) is 0 Å². The number of carbonyl (C=O) groups is 2. The summed E-state index contributed by atoms with van der Waals surface area (Å²) in [6.07, 6.45) is 2.23. The van der Waals surface area contributed by atoms with Crippen molar-refractivity contribution in [2.24, 2.45) is 11.8 Å². The maximum atomic E-state index is 13.0. The summed E-state index contributed by atoms with van der Waals surface area (Å²) in [5.41, 5.74) is 3.39. The molecule has 0 spiro atoms. The molecule has 2 aromatic carbocycles. The molecule has 29 heavy (non-hydrogen) atoms. The van der Waals surface area contributed by atoms with E-state index in [0.717, 1.165) is 16.9 Å². The predicted octanol–water partition coefficient (Wildman–Crippen LogP) is 3.72. The van der Waals surface area contributed by atoms with Crippen LogP contribution in [0.25, 0.3) is 16.9 Å². The van der Waals surface area contributed by atoms with Crippen LogP contribution in [0.3, 0.4) is 0 Å². The zero-order valence-electron chi connectivity index (χ0n) is 16.2. The first kappa shape index (κ1) is 18.9. The second-order valence-electron chi connectivity index (χ2n) is 7.51. The molecule has 1 fully saturated rings. The Morgan fingerprint density at radius 1 is 1.07 bits per heavy atom. The summed E-state index contributed by atoms with van der Waals surface area (Å²) in [7, 11) is 0. The van der Waals surface area contributed by atoms with Gasteiger partial charge in [0.05, 0.1) is 23.5 Å². The summed E-state index contributed by atoms with van der Waals surface area (Å²) in [5.74, 6) is -1.30. The average molecular weight is 389 g/mol. The summed E-state index contributed by atoms with van der Waals surface area (Å²) >= 11 is 0. The standard InChI is InChI=1S/C23H23N3O3/c1-16-15-25(13-11-20(16)23(28)29)22(27)18-8-5-9-19(14-18)26-21(10-12-24-26)17-6-3-2-4-7-17/h2-10,12,14,16,20H,11,13,15H2,1H3,(H,28,29). The third-order valence-corrected chi connectivity index (χ3v) is 5.56. The second kappa shape index (κ2) is 7.91. The topological polar surface area (TPSA) is 75.4 Å².